The lowest BCUT2D eigenvalue weighted by atomic mass is 9.86. The highest BCUT2D eigenvalue weighted by molar-refractivity contribution is 5.64. The fourth-order valence-electron chi connectivity index (χ4n) is 4.41. The van der Waals surface area contributed by atoms with Crippen LogP contribution in [0.3, 0.4) is 0 Å². The summed E-state index contributed by atoms with van der Waals surface area (Å²) in [7, 11) is 0. The molecule has 5 rings (SSSR count). The van der Waals surface area contributed by atoms with Crippen molar-refractivity contribution in [1.29, 1.82) is 5.26 Å². The first-order valence-corrected chi connectivity index (χ1v) is 9.97. The van der Waals surface area contributed by atoms with Crippen LogP contribution in [0.15, 0.2) is 73.3 Å². The summed E-state index contributed by atoms with van der Waals surface area (Å²) in [5, 5.41) is 20.7. The van der Waals surface area contributed by atoms with E-state index in [4.69, 9.17) is 5.26 Å². The summed E-state index contributed by atoms with van der Waals surface area (Å²) in [6, 6.07) is 17.7. The molecule has 31 heavy (non-hydrogen) atoms. The molecule has 2 aromatic heterocycles. The number of pyridine rings is 1. The Kier molecular flexibility index (Phi) is 4.42. The lowest BCUT2D eigenvalue weighted by Gasteiger charge is -2.23. The monoisotopic (exact) mass is 410 g/mol. The number of benzene rings is 2. The van der Waals surface area contributed by atoms with Crippen molar-refractivity contribution in [3.63, 3.8) is 0 Å². The number of rotatable bonds is 3. The standard InChI is InChI=1S/C25H19FN4O/c1-16-10-19(8-9-29-16)18-3-5-20(6-4-18)25(31)12-23(30-15-28-14-24(25)30)21-7-2-17(13-27)11-22(21)26/h2-11,14-15,23,31H,12H2,1H3/t23-,25+/m1/s1. The molecule has 152 valence electrons. The molecule has 0 bridgehead atoms. The molecule has 5 nitrogen and oxygen atoms in total. The number of hydrogen-bond donors (Lipinski definition) is 1. The molecule has 0 spiro atoms. The van der Waals surface area contributed by atoms with Crippen LogP contribution in [0, 0.1) is 24.1 Å². The number of fused-ring (bicyclic) bond motifs is 1. The van der Waals surface area contributed by atoms with Crippen molar-refractivity contribution < 1.29 is 9.50 Å². The predicted octanol–water partition coefficient (Wildman–Crippen LogP) is 4.49. The molecule has 0 radical (unpaired) electrons. The zero-order chi connectivity index (χ0) is 21.6. The highest BCUT2D eigenvalue weighted by Gasteiger charge is 2.45. The number of aliphatic hydroxyl groups is 1. The van der Waals surface area contributed by atoms with Gasteiger partial charge in [-0.15, -0.1) is 0 Å². The Bertz CT molecular complexity index is 1320. The van der Waals surface area contributed by atoms with Crippen molar-refractivity contribution in [3.05, 3.63) is 107 Å². The van der Waals surface area contributed by atoms with E-state index in [0.717, 1.165) is 22.4 Å². The third kappa shape index (κ3) is 3.11. The van der Waals surface area contributed by atoms with Crippen molar-refractivity contribution in [2.24, 2.45) is 0 Å². The Morgan fingerprint density at radius 1 is 1.13 bits per heavy atom. The average molecular weight is 410 g/mol. The Hall–Kier alpha value is -3.82. The van der Waals surface area contributed by atoms with E-state index >= 15 is 0 Å². The first kappa shape index (κ1) is 19.2. The number of aromatic nitrogens is 3. The van der Waals surface area contributed by atoms with E-state index in [1.54, 1.807) is 30.9 Å². The first-order valence-electron chi connectivity index (χ1n) is 9.97. The van der Waals surface area contributed by atoms with Gasteiger partial charge in [0, 0.05) is 23.9 Å². The van der Waals surface area contributed by atoms with Gasteiger partial charge in [-0.2, -0.15) is 5.26 Å². The smallest absolute Gasteiger partial charge is 0.133 e. The van der Waals surface area contributed by atoms with Gasteiger partial charge in [0.25, 0.3) is 0 Å². The van der Waals surface area contributed by atoms with Gasteiger partial charge in [0.05, 0.1) is 35.9 Å². The van der Waals surface area contributed by atoms with Gasteiger partial charge in [-0.05, 0) is 47.9 Å². The van der Waals surface area contributed by atoms with Crippen LogP contribution in [0.4, 0.5) is 4.39 Å². The SMILES string of the molecule is Cc1cc(-c2ccc([C@@]3(O)C[C@H](c4ccc(C#N)cc4F)n4cncc43)cc2)ccn1. The van der Waals surface area contributed by atoms with E-state index < -0.39 is 17.5 Å². The molecule has 6 heteroatoms. The van der Waals surface area contributed by atoms with Crippen LogP contribution < -0.4 is 0 Å². The number of imidazole rings is 1. The average Bonchev–Trinajstić information content (AvgIpc) is 3.37. The molecule has 0 amide bonds. The van der Waals surface area contributed by atoms with Gasteiger partial charge in [0.15, 0.2) is 0 Å². The van der Waals surface area contributed by atoms with Crippen molar-refractivity contribution in [2.75, 3.05) is 0 Å². The van der Waals surface area contributed by atoms with Crippen LogP contribution in [0.5, 0.6) is 0 Å². The van der Waals surface area contributed by atoms with Crippen LogP contribution >= 0.6 is 0 Å². The summed E-state index contributed by atoms with van der Waals surface area (Å²) < 4.78 is 16.6. The zero-order valence-corrected chi connectivity index (χ0v) is 16.8. The second-order valence-electron chi connectivity index (χ2n) is 7.88. The molecule has 1 aliphatic heterocycles. The van der Waals surface area contributed by atoms with Gasteiger partial charge in [0.1, 0.15) is 11.4 Å². The Labute approximate surface area is 179 Å². The molecule has 0 saturated carbocycles. The maximum atomic E-state index is 14.7. The van der Waals surface area contributed by atoms with E-state index in [9.17, 15) is 9.50 Å². The number of hydrogen-bond acceptors (Lipinski definition) is 4. The van der Waals surface area contributed by atoms with E-state index in [1.807, 2.05) is 54.0 Å². The second kappa shape index (κ2) is 7.15. The van der Waals surface area contributed by atoms with Crippen LogP contribution in [0.1, 0.15) is 40.5 Å². The number of aryl methyl sites for hydroxylation is 1. The maximum Gasteiger partial charge on any atom is 0.133 e. The fraction of sp³-hybridized carbons (Fsp3) is 0.160. The molecule has 1 N–H and O–H groups in total. The molecule has 2 atom stereocenters. The Morgan fingerprint density at radius 2 is 1.94 bits per heavy atom. The lowest BCUT2D eigenvalue weighted by Crippen LogP contribution is -2.24. The van der Waals surface area contributed by atoms with E-state index in [-0.39, 0.29) is 12.0 Å². The van der Waals surface area contributed by atoms with Crippen molar-refractivity contribution in [2.45, 2.75) is 25.0 Å². The van der Waals surface area contributed by atoms with Crippen molar-refractivity contribution >= 4 is 0 Å². The molecule has 3 heterocycles. The van der Waals surface area contributed by atoms with Gasteiger partial charge in [0.2, 0.25) is 0 Å². The van der Waals surface area contributed by atoms with Crippen molar-refractivity contribution in [1.82, 2.24) is 14.5 Å². The lowest BCUT2D eigenvalue weighted by molar-refractivity contribution is 0.0792. The highest BCUT2D eigenvalue weighted by Crippen LogP contribution is 2.47. The minimum absolute atomic E-state index is 0.266. The Balaban J connectivity index is 1.53. The summed E-state index contributed by atoms with van der Waals surface area (Å²) in [5.74, 6) is -0.462. The number of nitriles is 1. The topological polar surface area (TPSA) is 74.7 Å². The molecule has 0 unspecified atom stereocenters. The van der Waals surface area contributed by atoms with Crippen LogP contribution in [-0.2, 0) is 5.60 Å². The minimum atomic E-state index is -1.30. The summed E-state index contributed by atoms with van der Waals surface area (Å²) in [5.41, 5.74) is 3.76. The molecule has 2 aromatic carbocycles. The molecule has 0 fully saturated rings. The zero-order valence-electron chi connectivity index (χ0n) is 16.8. The molecule has 0 saturated heterocycles. The quantitative estimate of drug-likeness (QED) is 0.540. The Morgan fingerprint density at radius 3 is 2.65 bits per heavy atom. The maximum absolute atomic E-state index is 14.7. The third-order valence-corrected chi connectivity index (χ3v) is 6.00. The summed E-state index contributed by atoms with van der Waals surface area (Å²) >= 11 is 0. The highest BCUT2D eigenvalue weighted by atomic mass is 19.1. The fourth-order valence-corrected chi connectivity index (χ4v) is 4.41. The largest absolute Gasteiger partial charge is 0.379 e. The minimum Gasteiger partial charge on any atom is -0.379 e. The second-order valence-corrected chi connectivity index (χ2v) is 7.88. The first-order chi connectivity index (χ1) is 15.0. The van der Waals surface area contributed by atoms with E-state index in [2.05, 4.69) is 9.97 Å². The number of halogens is 1. The van der Waals surface area contributed by atoms with Gasteiger partial charge in [-0.25, -0.2) is 9.37 Å². The van der Waals surface area contributed by atoms with Crippen LogP contribution in [0.2, 0.25) is 0 Å². The van der Waals surface area contributed by atoms with Gasteiger partial charge < -0.3 is 9.67 Å². The normalized spacial score (nSPS) is 19.7. The van der Waals surface area contributed by atoms with E-state index in [1.165, 1.54) is 6.07 Å². The van der Waals surface area contributed by atoms with Crippen LogP contribution in [-0.4, -0.2) is 19.6 Å². The molecule has 0 aliphatic carbocycles. The van der Waals surface area contributed by atoms with Gasteiger partial charge in [-0.1, -0.05) is 30.3 Å². The van der Waals surface area contributed by atoms with Gasteiger partial charge in [-0.3, -0.25) is 4.98 Å². The molecular weight excluding hydrogens is 391 g/mol. The molecule has 1 aliphatic rings. The summed E-state index contributed by atoms with van der Waals surface area (Å²) in [6.45, 7) is 1.95. The van der Waals surface area contributed by atoms with Crippen LogP contribution in [0.25, 0.3) is 11.1 Å². The van der Waals surface area contributed by atoms with Gasteiger partial charge >= 0.3 is 0 Å². The third-order valence-electron chi connectivity index (χ3n) is 6.00. The van der Waals surface area contributed by atoms with Crippen molar-refractivity contribution in [3.8, 4) is 17.2 Å². The predicted molar refractivity (Wildman–Crippen MR) is 114 cm³/mol. The summed E-state index contributed by atoms with van der Waals surface area (Å²) in [4.78, 5) is 8.43. The molecule has 4 aromatic rings. The summed E-state index contributed by atoms with van der Waals surface area (Å²) in [6.07, 6.45) is 5.30. The van der Waals surface area contributed by atoms with E-state index in [0.29, 0.717) is 11.3 Å². The number of nitrogens with zero attached hydrogens (tertiary/aromatic N) is 4. The molecular formula is C25H19FN4O.